The molecule has 0 atom stereocenters. The number of aryl methyl sites for hydroxylation is 2. The largest absolute Gasteiger partial charge is 0.310 e. The number of fused-ring (bicyclic) bond motifs is 1. The summed E-state index contributed by atoms with van der Waals surface area (Å²) in [6.07, 6.45) is 12.1. The van der Waals surface area contributed by atoms with E-state index >= 15 is 0 Å². The van der Waals surface area contributed by atoms with Crippen LogP contribution in [0.2, 0.25) is 0 Å². The van der Waals surface area contributed by atoms with Crippen molar-refractivity contribution in [2.75, 3.05) is 4.90 Å². The van der Waals surface area contributed by atoms with E-state index < -0.39 is 0 Å². The number of hydrogen-bond acceptors (Lipinski definition) is 1. The Morgan fingerprint density at radius 2 is 1.27 bits per heavy atom. The highest BCUT2D eigenvalue weighted by molar-refractivity contribution is 5.89. The summed E-state index contributed by atoms with van der Waals surface area (Å²) >= 11 is 0. The van der Waals surface area contributed by atoms with Gasteiger partial charge in [-0.1, -0.05) is 116 Å². The van der Waals surface area contributed by atoms with Gasteiger partial charge in [0.25, 0.3) is 0 Å². The lowest BCUT2D eigenvalue weighted by Crippen LogP contribution is -2.10. The number of rotatable bonds is 8. The Morgan fingerprint density at radius 3 is 1.95 bits per heavy atom. The van der Waals surface area contributed by atoms with Crippen LogP contribution in [0.15, 0.2) is 152 Å². The summed E-state index contributed by atoms with van der Waals surface area (Å²) in [7, 11) is 0. The first-order chi connectivity index (χ1) is 19.6. The van der Waals surface area contributed by atoms with Crippen molar-refractivity contribution in [3.05, 3.63) is 169 Å². The second kappa shape index (κ2) is 12.3. The topological polar surface area (TPSA) is 3.24 Å². The average molecular weight is 518 g/mol. The minimum atomic E-state index is 1.11. The van der Waals surface area contributed by atoms with Crippen LogP contribution >= 0.6 is 0 Å². The molecule has 0 fully saturated rings. The number of hydrogen-bond donors (Lipinski definition) is 0. The Kier molecular flexibility index (Phi) is 8.23. The Morgan fingerprint density at radius 1 is 0.625 bits per heavy atom. The Balaban J connectivity index is 1.57. The van der Waals surface area contributed by atoms with E-state index in [0.29, 0.717) is 0 Å². The lowest BCUT2D eigenvalue weighted by Gasteiger charge is -2.26. The van der Waals surface area contributed by atoms with E-state index in [1.54, 1.807) is 6.08 Å². The molecule has 0 heterocycles. The predicted octanol–water partition coefficient (Wildman–Crippen LogP) is 11.3. The Hall–Kier alpha value is -4.88. The maximum absolute atomic E-state index is 3.83. The van der Waals surface area contributed by atoms with Gasteiger partial charge in [-0.05, 0) is 101 Å². The zero-order valence-corrected chi connectivity index (χ0v) is 23.5. The Labute approximate surface area is 238 Å². The van der Waals surface area contributed by atoms with E-state index in [1.807, 2.05) is 19.1 Å². The molecule has 196 valence electrons. The summed E-state index contributed by atoms with van der Waals surface area (Å²) < 4.78 is 0. The lowest BCUT2D eigenvalue weighted by molar-refractivity contribution is 1.29. The second-order valence-corrected chi connectivity index (χ2v) is 10.0. The van der Waals surface area contributed by atoms with Crippen molar-refractivity contribution < 1.29 is 0 Å². The fourth-order valence-corrected chi connectivity index (χ4v) is 4.91. The summed E-state index contributed by atoms with van der Waals surface area (Å²) in [4.78, 5) is 2.33. The molecule has 5 aromatic carbocycles. The van der Waals surface area contributed by atoms with Gasteiger partial charge in [0.15, 0.2) is 0 Å². The van der Waals surface area contributed by atoms with Crippen LogP contribution in [0.25, 0.3) is 27.5 Å². The minimum absolute atomic E-state index is 1.11. The van der Waals surface area contributed by atoms with E-state index in [2.05, 4.69) is 153 Å². The molecule has 1 heteroatoms. The molecule has 5 aromatic rings. The van der Waals surface area contributed by atoms with Gasteiger partial charge in [0.05, 0.1) is 0 Å². The van der Waals surface area contributed by atoms with Crippen molar-refractivity contribution in [2.45, 2.75) is 20.8 Å². The zero-order chi connectivity index (χ0) is 27.9. The van der Waals surface area contributed by atoms with E-state index in [0.717, 1.165) is 28.2 Å². The van der Waals surface area contributed by atoms with Crippen LogP contribution in [0.5, 0.6) is 0 Å². The van der Waals surface area contributed by atoms with Gasteiger partial charge in [0.2, 0.25) is 0 Å². The van der Waals surface area contributed by atoms with Gasteiger partial charge in [-0.25, -0.2) is 0 Å². The molecule has 0 aromatic heterocycles. The number of benzene rings is 5. The van der Waals surface area contributed by atoms with Gasteiger partial charge in [0.1, 0.15) is 0 Å². The monoisotopic (exact) mass is 517 g/mol. The smallest absolute Gasteiger partial charge is 0.0468 e. The molecule has 0 aliphatic carbocycles. The van der Waals surface area contributed by atoms with Crippen molar-refractivity contribution in [3.63, 3.8) is 0 Å². The highest BCUT2D eigenvalue weighted by atomic mass is 15.1. The van der Waals surface area contributed by atoms with Crippen molar-refractivity contribution in [2.24, 2.45) is 0 Å². The van der Waals surface area contributed by atoms with Crippen LogP contribution in [-0.2, 0) is 0 Å². The molecule has 5 rings (SSSR count). The summed E-state index contributed by atoms with van der Waals surface area (Å²) in [5.41, 5.74) is 10.7. The quantitative estimate of drug-likeness (QED) is 0.185. The van der Waals surface area contributed by atoms with Crippen LogP contribution < -0.4 is 4.90 Å². The van der Waals surface area contributed by atoms with Gasteiger partial charge in [-0.15, -0.1) is 0 Å². The molecular weight excluding hydrogens is 482 g/mol. The van der Waals surface area contributed by atoms with E-state index in [9.17, 15) is 0 Å². The first kappa shape index (κ1) is 26.7. The van der Waals surface area contributed by atoms with Gasteiger partial charge in [0, 0.05) is 17.1 Å². The zero-order valence-electron chi connectivity index (χ0n) is 23.5. The SMILES string of the molecule is C=C/C=C/C(=C\C=C/C)c1ccc(N(c2ccc(-c3ccc(C)c(C)c3)cc2)c2ccc3ccccc3c2)cc1. The summed E-state index contributed by atoms with van der Waals surface area (Å²) in [5.74, 6) is 0. The first-order valence-corrected chi connectivity index (χ1v) is 13.8. The van der Waals surface area contributed by atoms with E-state index in [-0.39, 0.29) is 0 Å². The molecule has 0 N–H and O–H groups in total. The van der Waals surface area contributed by atoms with Crippen LogP contribution in [-0.4, -0.2) is 0 Å². The molecule has 0 saturated carbocycles. The molecule has 1 nitrogen and oxygen atoms in total. The van der Waals surface area contributed by atoms with Gasteiger partial charge in [-0.3, -0.25) is 0 Å². The molecule has 0 spiro atoms. The van der Waals surface area contributed by atoms with Crippen molar-refractivity contribution in [3.8, 4) is 11.1 Å². The van der Waals surface area contributed by atoms with Crippen molar-refractivity contribution in [1.82, 2.24) is 0 Å². The van der Waals surface area contributed by atoms with Crippen molar-refractivity contribution >= 4 is 33.4 Å². The molecule has 0 radical (unpaired) electrons. The standard InChI is InChI=1S/C39H35N/c1-5-7-11-31(12-8-6-2)33-17-22-37(23-18-33)40(39-26-21-32-13-9-10-14-35(32)28-39)38-24-19-34(20-25-38)36-16-15-29(3)30(4)27-36/h5-28H,1H2,2-4H3/b8-6-,11-7+,31-12+. The fraction of sp³-hybridized carbons (Fsp3) is 0.0769. The molecular formula is C39H35N. The predicted molar refractivity (Wildman–Crippen MR) is 176 cm³/mol. The molecule has 0 aliphatic rings. The first-order valence-electron chi connectivity index (χ1n) is 13.8. The average Bonchev–Trinajstić information content (AvgIpc) is 2.99. The number of anilines is 3. The number of allylic oxidation sites excluding steroid dienone is 7. The molecule has 0 aliphatic heterocycles. The van der Waals surface area contributed by atoms with E-state index in [4.69, 9.17) is 0 Å². The molecule has 0 bridgehead atoms. The lowest BCUT2D eigenvalue weighted by atomic mass is 10.00. The van der Waals surface area contributed by atoms with Gasteiger partial charge in [-0.2, -0.15) is 0 Å². The summed E-state index contributed by atoms with van der Waals surface area (Å²) in [5, 5.41) is 2.46. The fourth-order valence-electron chi connectivity index (χ4n) is 4.91. The van der Waals surface area contributed by atoms with Gasteiger partial charge < -0.3 is 4.90 Å². The van der Waals surface area contributed by atoms with E-state index in [1.165, 1.54) is 33.0 Å². The Bertz CT molecular complexity index is 1710. The van der Waals surface area contributed by atoms with Crippen LogP contribution in [0.4, 0.5) is 17.1 Å². The van der Waals surface area contributed by atoms with Crippen LogP contribution in [0.3, 0.4) is 0 Å². The molecule has 0 unspecified atom stereocenters. The summed E-state index contributed by atoms with van der Waals surface area (Å²) in [6.45, 7) is 10.2. The second-order valence-electron chi connectivity index (χ2n) is 10.0. The maximum Gasteiger partial charge on any atom is 0.0468 e. The van der Waals surface area contributed by atoms with Crippen LogP contribution in [0, 0.1) is 13.8 Å². The minimum Gasteiger partial charge on any atom is -0.310 e. The number of nitrogens with zero attached hydrogens (tertiary/aromatic N) is 1. The molecule has 40 heavy (non-hydrogen) atoms. The third-order valence-corrected chi connectivity index (χ3v) is 7.30. The normalized spacial score (nSPS) is 11.9. The third kappa shape index (κ3) is 5.90. The summed E-state index contributed by atoms with van der Waals surface area (Å²) in [6, 6.07) is 39.5. The van der Waals surface area contributed by atoms with Gasteiger partial charge >= 0.3 is 0 Å². The van der Waals surface area contributed by atoms with Crippen LogP contribution in [0.1, 0.15) is 23.6 Å². The molecule has 0 saturated heterocycles. The highest BCUT2D eigenvalue weighted by Crippen LogP contribution is 2.37. The third-order valence-electron chi connectivity index (χ3n) is 7.30. The van der Waals surface area contributed by atoms with Crippen molar-refractivity contribution in [1.29, 1.82) is 0 Å². The highest BCUT2D eigenvalue weighted by Gasteiger charge is 2.14. The molecule has 0 amide bonds. The maximum atomic E-state index is 3.83.